The molecule has 0 heterocycles. The molecule has 0 aliphatic heterocycles. The first-order valence-corrected chi connectivity index (χ1v) is 17.5. The molecule has 0 aromatic heterocycles. The molecule has 0 aromatic carbocycles. The molecular weight excluding hydrogens is 678 g/mol. The van der Waals surface area contributed by atoms with Crippen molar-refractivity contribution in [2.24, 2.45) is 0 Å². The van der Waals surface area contributed by atoms with Crippen LogP contribution in [0.15, 0.2) is 0 Å². The highest BCUT2D eigenvalue weighted by Gasteiger charge is 2.16. The lowest BCUT2D eigenvalue weighted by molar-refractivity contribution is -0.130. The summed E-state index contributed by atoms with van der Waals surface area (Å²) in [4.78, 5) is 67.9. The Morgan fingerprint density at radius 1 is 0.560 bits per heavy atom. The van der Waals surface area contributed by atoms with Crippen LogP contribution in [-0.4, -0.2) is 213 Å². The third-order valence-corrected chi connectivity index (χ3v) is 7.56. The maximum atomic E-state index is 12.3. The predicted octanol–water partition coefficient (Wildman–Crippen LogP) is -4.83. The molecule has 0 aromatic rings. The molecule has 18 nitrogen and oxygen atoms in total. The highest BCUT2D eigenvalue weighted by molar-refractivity contribution is 6.18. The highest BCUT2D eigenvalue weighted by atomic mass is 35.5. The van der Waals surface area contributed by atoms with Gasteiger partial charge in [-0.05, 0) is 21.1 Å². The van der Waals surface area contributed by atoms with Gasteiger partial charge in [-0.3, -0.25) is 33.8 Å². The fourth-order valence-electron chi connectivity index (χ4n) is 4.69. The molecule has 0 aliphatic carbocycles. The van der Waals surface area contributed by atoms with E-state index in [1.807, 2.05) is 30.9 Å². The molecule has 0 fully saturated rings. The number of likely N-dealkylation sites (N-methyl/N-ethyl adjacent to an activating group) is 2. The topological polar surface area (TPSA) is 239 Å². The van der Waals surface area contributed by atoms with Gasteiger partial charge in [0, 0.05) is 104 Å². The number of carbonyl (C=O) groups excluding carboxylic acids is 5. The quantitative estimate of drug-likeness (QED) is 0.0249. The molecule has 19 heteroatoms. The second-order valence-electron chi connectivity index (χ2n) is 12.4. The molecule has 0 bridgehead atoms. The average molecular weight is 740 g/mol. The van der Waals surface area contributed by atoms with Gasteiger partial charge in [0.25, 0.3) is 0 Å². The van der Waals surface area contributed by atoms with Crippen molar-refractivity contribution in [3.8, 4) is 0 Å². The summed E-state index contributed by atoms with van der Waals surface area (Å²) in [5.41, 5.74) is 0. The van der Waals surface area contributed by atoms with Gasteiger partial charge < -0.3 is 56.8 Å². The second kappa shape index (κ2) is 29.0. The molecule has 292 valence electrons. The number of rotatable bonds is 30. The summed E-state index contributed by atoms with van der Waals surface area (Å²) < 4.78 is 0. The van der Waals surface area contributed by atoms with E-state index in [0.29, 0.717) is 65.3 Å². The molecule has 0 radical (unpaired) electrons. The van der Waals surface area contributed by atoms with E-state index in [2.05, 4.69) is 26.6 Å². The van der Waals surface area contributed by atoms with E-state index in [-0.39, 0.29) is 50.9 Å². The van der Waals surface area contributed by atoms with Crippen molar-refractivity contribution in [3.63, 3.8) is 0 Å². The Labute approximate surface area is 301 Å². The first-order chi connectivity index (χ1) is 23.7. The van der Waals surface area contributed by atoms with E-state index >= 15 is 0 Å². The number of aliphatic hydroxyl groups excluding tert-OH is 4. The molecule has 3 atom stereocenters. The maximum Gasteiger partial charge on any atom is 0.229 e. The van der Waals surface area contributed by atoms with E-state index in [1.165, 1.54) is 0 Å². The van der Waals surface area contributed by atoms with Crippen molar-refractivity contribution in [3.05, 3.63) is 0 Å². The fourth-order valence-corrected chi connectivity index (χ4v) is 4.79. The standard InChI is InChI=1S/C31H62ClN9O9/c1-5-27(46)33-7-12-41(22-26(45)23-42)15-10-37-31(50)17-30(49)36-9-14-40(21-24(43)18-32)13-8-35-29(48)16-28(47)34-6-11-39(4)20-25(44)19-38(2)3/h24-26,42-45H,5-23H2,1-4H3,(H,33,46)(H,34,47)(H,35,48)(H,36,49)(H,37,50). The van der Waals surface area contributed by atoms with Crippen molar-refractivity contribution in [2.75, 3.05) is 125 Å². The summed E-state index contributed by atoms with van der Waals surface area (Å²) in [7, 11) is 5.58. The van der Waals surface area contributed by atoms with Gasteiger partial charge in [0.1, 0.15) is 12.8 Å². The van der Waals surface area contributed by atoms with Crippen LogP contribution >= 0.6 is 11.6 Å². The highest BCUT2D eigenvalue weighted by Crippen LogP contribution is 1.96. The zero-order chi connectivity index (χ0) is 37.9. The second-order valence-corrected chi connectivity index (χ2v) is 12.7. The van der Waals surface area contributed by atoms with Crippen LogP contribution in [0.25, 0.3) is 0 Å². The monoisotopic (exact) mass is 739 g/mol. The van der Waals surface area contributed by atoms with Crippen LogP contribution in [0.3, 0.4) is 0 Å². The van der Waals surface area contributed by atoms with E-state index in [4.69, 9.17) is 16.7 Å². The van der Waals surface area contributed by atoms with Crippen molar-refractivity contribution in [2.45, 2.75) is 44.5 Å². The summed E-state index contributed by atoms with van der Waals surface area (Å²) in [5, 5.41) is 52.4. The van der Waals surface area contributed by atoms with Gasteiger partial charge in [-0.2, -0.15) is 0 Å². The van der Waals surface area contributed by atoms with Crippen molar-refractivity contribution < 1.29 is 44.4 Å². The van der Waals surface area contributed by atoms with Gasteiger partial charge in [0.05, 0.1) is 24.9 Å². The Hall–Kier alpha value is -2.68. The van der Waals surface area contributed by atoms with Gasteiger partial charge >= 0.3 is 0 Å². The van der Waals surface area contributed by atoms with Gasteiger partial charge in [0.2, 0.25) is 29.5 Å². The van der Waals surface area contributed by atoms with Gasteiger partial charge in [-0.1, -0.05) is 6.92 Å². The lowest BCUT2D eigenvalue weighted by Crippen LogP contribution is -2.45. The van der Waals surface area contributed by atoms with Crippen LogP contribution in [0, 0.1) is 0 Å². The average Bonchev–Trinajstić information content (AvgIpc) is 3.03. The summed E-state index contributed by atoms with van der Waals surface area (Å²) >= 11 is 5.76. The van der Waals surface area contributed by atoms with E-state index in [1.54, 1.807) is 16.7 Å². The number of amides is 5. The Balaban J connectivity index is 4.49. The molecule has 50 heavy (non-hydrogen) atoms. The Morgan fingerprint density at radius 3 is 1.30 bits per heavy atom. The number of nitrogens with zero attached hydrogens (tertiary/aromatic N) is 4. The molecule has 0 rings (SSSR count). The van der Waals surface area contributed by atoms with Crippen LogP contribution in [0.1, 0.15) is 26.2 Å². The molecule has 3 unspecified atom stereocenters. The smallest absolute Gasteiger partial charge is 0.229 e. The summed E-state index contributed by atoms with van der Waals surface area (Å²) in [6.07, 6.45) is -2.76. The van der Waals surface area contributed by atoms with Crippen LogP contribution < -0.4 is 26.6 Å². The molecule has 0 saturated heterocycles. The molecule has 0 saturated carbocycles. The fraction of sp³-hybridized carbons (Fsp3) is 0.839. The number of aliphatic hydroxyl groups is 4. The van der Waals surface area contributed by atoms with E-state index < -0.39 is 55.0 Å². The maximum absolute atomic E-state index is 12.3. The third kappa shape index (κ3) is 27.1. The molecule has 0 aliphatic rings. The van der Waals surface area contributed by atoms with E-state index in [9.17, 15) is 39.3 Å². The minimum atomic E-state index is -0.977. The largest absolute Gasteiger partial charge is 0.394 e. The van der Waals surface area contributed by atoms with Crippen molar-refractivity contribution >= 4 is 41.1 Å². The summed E-state index contributed by atoms with van der Waals surface area (Å²) in [6.45, 7) is 5.63. The summed E-state index contributed by atoms with van der Waals surface area (Å²) in [6, 6.07) is 0. The lowest BCUT2D eigenvalue weighted by Gasteiger charge is -2.25. The number of hydrogen-bond acceptors (Lipinski definition) is 13. The van der Waals surface area contributed by atoms with Gasteiger partial charge in [-0.25, -0.2) is 0 Å². The van der Waals surface area contributed by atoms with Crippen molar-refractivity contribution in [1.82, 2.24) is 46.2 Å². The zero-order valence-electron chi connectivity index (χ0n) is 30.2. The van der Waals surface area contributed by atoms with Gasteiger partial charge in [-0.15, -0.1) is 11.6 Å². The Bertz CT molecular complexity index is 984. The number of nitrogens with one attached hydrogen (secondary N) is 5. The normalized spacial score (nSPS) is 13.3. The third-order valence-electron chi connectivity index (χ3n) is 7.20. The first kappa shape index (κ1) is 47.3. The van der Waals surface area contributed by atoms with Crippen LogP contribution in [0.2, 0.25) is 0 Å². The number of hydrogen-bond donors (Lipinski definition) is 9. The van der Waals surface area contributed by atoms with Crippen LogP contribution in [-0.2, 0) is 24.0 Å². The zero-order valence-corrected chi connectivity index (χ0v) is 30.9. The van der Waals surface area contributed by atoms with Crippen LogP contribution in [0.4, 0.5) is 0 Å². The number of alkyl halides is 1. The predicted molar refractivity (Wildman–Crippen MR) is 189 cm³/mol. The number of carbonyl (C=O) groups is 5. The SMILES string of the molecule is CCC(=O)NCCN(CCNC(=O)CC(=O)NCCN(CCNC(=O)CC(=O)NCCN(C)CC(O)CN(C)C)CC(O)CCl)CC(O)CO. The Kier molecular flexibility index (Phi) is 27.4. The minimum absolute atomic E-state index is 0.0108. The number of halogens is 1. The van der Waals surface area contributed by atoms with Gasteiger partial charge in [0.15, 0.2) is 0 Å². The minimum Gasteiger partial charge on any atom is -0.394 e. The van der Waals surface area contributed by atoms with Crippen molar-refractivity contribution in [1.29, 1.82) is 0 Å². The molecular formula is C31H62ClN9O9. The molecule has 5 amide bonds. The molecule has 0 spiro atoms. The van der Waals surface area contributed by atoms with Crippen LogP contribution in [0.5, 0.6) is 0 Å². The molecule has 9 N–H and O–H groups in total. The lowest BCUT2D eigenvalue weighted by atomic mass is 10.3. The first-order valence-electron chi connectivity index (χ1n) is 17.0. The Morgan fingerprint density at radius 2 is 0.940 bits per heavy atom. The summed E-state index contributed by atoms with van der Waals surface area (Å²) in [5.74, 6) is -2.03. The van der Waals surface area contributed by atoms with E-state index in [0.717, 1.165) is 0 Å².